The van der Waals surface area contributed by atoms with Gasteiger partial charge in [0.2, 0.25) is 11.8 Å². The zero-order valence-electron chi connectivity index (χ0n) is 10.8. The Labute approximate surface area is 104 Å². The fourth-order valence-electron chi connectivity index (χ4n) is 2.05. The number of amides is 2. The van der Waals surface area contributed by atoms with Gasteiger partial charge in [-0.1, -0.05) is 32.6 Å². The summed E-state index contributed by atoms with van der Waals surface area (Å²) in [6.07, 6.45) is 6.93. The van der Waals surface area contributed by atoms with E-state index in [0.717, 1.165) is 12.8 Å². The van der Waals surface area contributed by atoms with E-state index in [1.807, 2.05) is 4.90 Å². The molecule has 17 heavy (non-hydrogen) atoms. The van der Waals surface area contributed by atoms with Crippen molar-refractivity contribution in [3.8, 4) is 0 Å². The summed E-state index contributed by atoms with van der Waals surface area (Å²) in [5.74, 6) is 0.265. The minimum absolute atomic E-state index is 0.0586. The number of nitrogens with zero attached hydrogens (tertiary/aromatic N) is 1. The lowest BCUT2D eigenvalue weighted by molar-refractivity contribution is -0.131. The molecule has 0 aliphatic carbocycles. The second-order valence-electron chi connectivity index (χ2n) is 4.64. The summed E-state index contributed by atoms with van der Waals surface area (Å²) >= 11 is 0. The summed E-state index contributed by atoms with van der Waals surface area (Å²) < 4.78 is 0. The third kappa shape index (κ3) is 5.71. The fraction of sp³-hybridized carbons (Fsp3) is 0.846. The van der Waals surface area contributed by atoms with Crippen LogP contribution in [-0.2, 0) is 9.59 Å². The van der Waals surface area contributed by atoms with E-state index in [0.29, 0.717) is 32.5 Å². The van der Waals surface area contributed by atoms with Crippen LogP contribution in [0.4, 0.5) is 0 Å². The third-order valence-corrected chi connectivity index (χ3v) is 3.16. The van der Waals surface area contributed by atoms with Gasteiger partial charge in [0.25, 0.3) is 0 Å². The van der Waals surface area contributed by atoms with Crippen molar-refractivity contribution in [2.75, 3.05) is 19.6 Å². The van der Waals surface area contributed by atoms with Gasteiger partial charge in [0.1, 0.15) is 0 Å². The maximum absolute atomic E-state index is 11.9. The quantitative estimate of drug-likeness (QED) is 0.718. The molecule has 0 aromatic heterocycles. The van der Waals surface area contributed by atoms with Crippen molar-refractivity contribution in [3.05, 3.63) is 0 Å². The highest BCUT2D eigenvalue weighted by Crippen LogP contribution is 2.08. The van der Waals surface area contributed by atoms with Crippen molar-refractivity contribution >= 4 is 11.8 Å². The van der Waals surface area contributed by atoms with Crippen LogP contribution in [0.3, 0.4) is 0 Å². The molecule has 0 radical (unpaired) electrons. The Hall–Kier alpha value is -1.06. The molecule has 0 aromatic rings. The molecule has 0 saturated carbocycles. The molecule has 1 fully saturated rings. The molecule has 1 aliphatic heterocycles. The normalized spacial score (nSPS) is 16.5. The average Bonchev–Trinajstić information content (AvgIpc) is 2.53. The standard InChI is InChI=1S/C13H24N2O2/c1-2-3-4-5-6-7-13(17)15-10-8-12(16)14-9-11-15/h2-11H2,1H3,(H,14,16). The molecular formula is C13H24N2O2. The van der Waals surface area contributed by atoms with Crippen molar-refractivity contribution in [2.45, 2.75) is 51.9 Å². The minimum Gasteiger partial charge on any atom is -0.354 e. The van der Waals surface area contributed by atoms with Crippen LogP contribution in [0, 0.1) is 0 Å². The van der Waals surface area contributed by atoms with Gasteiger partial charge in [-0.25, -0.2) is 0 Å². The molecule has 1 aliphatic rings. The number of carbonyl (C=O) groups is 2. The Balaban J connectivity index is 2.15. The van der Waals surface area contributed by atoms with Crippen molar-refractivity contribution in [1.29, 1.82) is 0 Å². The topological polar surface area (TPSA) is 49.4 Å². The molecule has 1 N–H and O–H groups in total. The maximum Gasteiger partial charge on any atom is 0.222 e. The van der Waals surface area contributed by atoms with Crippen LogP contribution >= 0.6 is 0 Å². The van der Waals surface area contributed by atoms with Gasteiger partial charge >= 0.3 is 0 Å². The summed E-state index contributed by atoms with van der Waals surface area (Å²) in [7, 11) is 0. The monoisotopic (exact) mass is 240 g/mol. The molecule has 0 aromatic carbocycles. The smallest absolute Gasteiger partial charge is 0.222 e. The van der Waals surface area contributed by atoms with Crippen LogP contribution in [0.5, 0.6) is 0 Å². The Bertz CT molecular complexity index is 254. The van der Waals surface area contributed by atoms with E-state index in [9.17, 15) is 9.59 Å². The highest BCUT2D eigenvalue weighted by molar-refractivity contribution is 5.80. The summed E-state index contributed by atoms with van der Waals surface area (Å²) in [6.45, 7) is 4.03. The highest BCUT2D eigenvalue weighted by Gasteiger charge is 2.17. The second kappa shape index (κ2) is 8.09. The summed E-state index contributed by atoms with van der Waals surface area (Å²) in [6, 6.07) is 0. The number of hydrogen-bond donors (Lipinski definition) is 1. The molecule has 0 unspecified atom stereocenters. The van der Waals surface area contributed by atoms with Gasteiger partial charge in [-0.2, -0.15) is 0 Å². The van der Waals surface area contributed by atoms with Crippen LogP contribution in [-0.4, -0.2) is 36.3 Å². The maximum atomic E-state index is 11.9. The van der Waals surface area contributed by atoms with Gasteiger partial charge in [-0.3, -0.25) is 9.59 Å². The van der Waals surface area contributed by atoms with E-state index in [2.05, 4.69) is 12.2 Å². The molecule has 1 rings (SSSR count). The molecule has 1 heterocycles. The highest BCUT2D eigenvalue weighted by atomic mass is 16.2. The molecule has 1 saturated heterocycles. The molecule has 0 spiro atoms. The predicted octanol–water partition coefficient (Wildman–Crippen LogP) is 1.70. The van der Waals surface area contributed by atoms with E-state index < -0.39 is 0 Å². The van der Waals surface area contributed by atoms with E-state index in [-0.39, 0.29) is 11.8 Å². The Morgan fingerprint density at radius 2 is 2.00 bits per heavy atom. The number of rotatable bonds is 6. The van der Waals surface area contributed by atoms with Crippen LogP contribution in [0.25, 0.3) is 0 Å². The first kappa shape index (κ1) is 14.0. The first-order valence-corrected chi connectivity index (χ1v) is 6.78. The van der Waals surface area contributed by atoms with Gasteiger partial charge in [0.15, 0.2) is 0 Å². The van der Waals surface area contributed by atoms with Gasteiger partial charge in [-0.05, 0) is 6.42 Å². The average molecular weight is 240 g/mol. The lowest BCUT2D eigenvalue weighted by Gasteiger charge is -2.19. The van der Waals surface area contributed by atoms with E-state index in [1.54, 1.807) is 0 Å². The SMILES string of the molecule is CCCCCCCC(=O)N1CCNC(=O)CC1. The van der Waals surface area contributed by atoms with Gasteiger partial charge < -0.3 is 10.2 Å². The van der Waals surface area contributed by atoms with Crippen LogP contribution < -0.4 is 5.32 Å². The van der Waals surface area contributed by atoms with Crippen LogP contribution in [0.15, 0.2) is 0 Å². The van der Waals surface area contributed by atoms with Crippen molar-refractivity contribution in [2.24, 2.45) is 0 Å². The number of carbonyl (C=O) groups excluding carboxylic acids is 2. The molecular weight excluding hydrogens is 216 g/mol. The zero-order chi connectivity index (χ0) is 12.5. The third-order valence-electron chi connectivity index (χ3n) is 3.16. The number of nitrogens with one attached hydrogen (secondary N) is 1. The largest absolute Gasteiger partial charge is 0.354 e. The summed E-state index contributed by atoms with van der Waals surface area (Å²) in [5, 5.41) is 2.78. The van der Waals surface area contributed by atoms with Crippen molar-refractivity contribution in [3.63, 3.8) is 0 Å². The predicted molar refractivity (Wildman–Crippen MR) is 67.6 cm³/mol. The number of unbranched alkanes of at least 4 members (excludes halogenated alkanes) is 4. The van der Waals surface area contributed by atoms with E-state index >= 15 is 0 Å². The molecule has 0 atom stereocenters. The lowest BCUT2D eigenvalue weighted by atomic mass is 10.1. The molecule has 4 nitrogen and oxygen atoms in total. The van der Waals surface area contributed by atoms with Gasteiger partial charge in [0, 0.05) is 32.5 Å². The Kier molecular flexibility index (Phi) is 6.67. The summed E-state index contributed by atoms with van der Waals surface area (Å²) in [4.78, 5) is 24.8. The van der Waals surface area contributed by atoms with Crippen molar-refractivity contribution in [1.82, 2.24) is 10.2 Å². The lowest BCUT2D eigenvalue weighted by Crippen LogP contribution is -2.34. The second-order valence-corrected chi connectivity index (χ2v) is 4.64. The molecule has 0 bridgehead atoms. The minimum atomic E-state index is 0.0586. The first-order valence-electron chi connectivity index (χ1n) is 6.78. The van der Waals surface area contributed by atoms with Crippen LogP contribution in [0.1, 0.15) is 51.9 Å². The Morgan fingerprint density at radius 3 is 2.76 bits per heavy atom. The first-order chi connectivity index (χ1) is 8.24. The van der Waals surface area contributed by atoms with Crippen molar-refractivity contribution < 1.29 is 9.59 Å². The van der Waals surface area contributed by atoms with Gasteiger partial charge in [-0.15, -0.1) is 0 Å². The zero-order valence-corrected chi connectivity index (χ0v) is 10.8. The molecule has 4 heteroatoms. The molecule has 98 valence electrons. The van der Waals surface area contributed by atoms with Crippen LogP contribution in [0.2, 0.25) is 0 Å². The molecule has 2 amide bonds. The van der Waals surface area contributed by atoms with Gasteiger partial charge in [0.05, 0.1) is 0 Å². The summed E-state index contributed by atoms with van der Waals surface area (Å²) in [5.41, 5.74) is 0. The fourth-order valence-corrected chi connectivity index (χ4v) is 2.05. The number of hydrogen-bond acceptors (Lipinski definition) is 2. The van der Waals surface area contributed by atoms with E-state index in [1.165, 1.54) is 19.3 Å². The Morgan fingerprint density at radius 1 is 1.24 bits per heavy atom. The van der Waals surface area contributed by atoms with E-state index in [4.69, 9.17) is 0 Å².